The Morgan fingerprint density at radius 2 is 1.71 bits per heavy atom. The highest BCUT2D eigenvalue weighted by molar-refractivity contribution is 7.88. The van der Waals surface area contributed by atoms with Crippen LogP contribution in [0.1, 0.15) is 63.6 Å². The van der Waals surface area contributed by atoms with Gasteiger partial charge in [-0.3, -0.25) is 24.0 Å². The normalized spacial score (nSPS) is 20.1. The topological polar surface area (TPSA) is 134 Å². The van der Waals surface area contributed by atoms with Crippen molar-refractivity contribution >= 4 is 33.4 Å². The molecule has 2 fully saturated rings. The van der Waals surface area contributed by atoms with Crippen molar-refractivity contribution in [3.8, 4) is 0 Å². The number of sulfonamides is 1. The Labute approximate surface area is 244 Å². The molecule has 0 saturated carbocycles. The lowest BCUT2D eigenvalue weighted by atomic mass is 10.0. The number of nitrogens with zero attached hydrogens (tertiary/aromatic N) is 4. The Kier molecular flexibility index (Phi) is 7.42. The lowest BCUT2D eigenvalue weighted by Gasteiger charge is -2.31. The van der Waals surface area contributed by atoms with Crippen LogP contribution in [0, 0.1) is 0 Å². The summed E-state index contributed by atoms with van der Waals surface area (Å²) in [7, 11) is -3.39. The highest BCUT2D eigenvalue weighted by atomic mass is 32.2. The molecule has 4 heterocycles. The summed E-state index contributed by atoms with van der Waals surface area (Å²) >= 11 is 0. The fourth-order valence-electron chi connectivity index (χ4n) is 5.87. The molecule has 218 valence electrons. The van der Waals surface area contributed by atoms with Gasteiger partial charge in [0.05, 0.1) is 29.1 Å². The van der Waals surface area contributed by atoms with Gasteiger partial charge in [0.2, 0.25) is 15.9 Å². The third-order valence-corrected chi connectivity index (χ3v) is 9.95. The van der Waals surface area contributed by atoms with E-state index in [1.54, 1.807) is 28.7 Å². The van der Waals surface area contributed by atoms with E-state index in [-0.39, 0.29) is 22.9 Å². The Morgan fingerprint density at radius 3 is 2.45 bits per heavy atom. The average Bonchev–Trinajstić information content (AvgIpc) is 3.55. The molecule has 0 radical (unpaired) electrons. The van der Waals surface area contributed by atoms with E-state index in [1.165, 1.54) is 0 Å². The van der Waals surface area contributed by atoms with E-state index in [0.717, 1.165) is 16.0 Å². The molecule has 12 heteroatoms. The zero-order chi connectivity index (χ0) is 29.4. The lowest BCUT2D eigenvalue weighted by Crippen LogP contribution is -2.51. The highest BCUT2D eigenvalue weighted by Gasteiger charge is 2.45. The summed E-state index contributed by atoms with van der Waals surface area (Å²) in [5, 5.41) is 10.4. The van der Waals surface area contributed by atoms with Crippen LogP contribution in [-0.2, 0) is 27.1 Å². The molecule has 2 N–H and O–H groups in total. The standard InChI is InChI=1S/C30H32N6O5S/c1-20-10-11-26(28(37)33-20)36-29(38)24-8-5-9-25(27(24)30(36)39)31-16-22-17-32-35(18-22)23-12-14-34(15-13-23)42(40,41)19-21-6-3-2-4-7-21/h2-9,17-18,23,26,31H,1,10-16,19H2,(H,33,37). The number of rotatable bonds is 8. The number of benzene rings is 2. The second-order valence-corrected chi connectivity index (χ2v) is 12.9. The number of amides is 3. The van der Waals surface area contributed by atoms with Gasteiger partial charge in [0, 0.05) is 42.8 Å². The van der Waals surface area contributed by atoms with E-state index in [0.29, 0.717) is 56.7 Å². The van der Waals surface area contributed by atoms with E-state index < -0.39 is 33.8 Å². The number of aromatic nitrogens is 2. The Balaban J connectivity index is 1.08. The first-order valence-corrected chi connectivity index (χ1v) is 15.6. The van der Waals surface area contributed by atoms with Gasteiger partial charge in [-0.1, -0.05) is 43.0 Å². The van der Waals surface area contributed by atoms with Gasteiger partial charge in [0.1, 0.15) is 6.04 Å². The number of carbonyl (C=O) groups is 3. The van der Waals surface area contributed by atoms with Crippen LogP contribution in [-0.4, -0.2) is 64.3 Å². The monoisotopic (exact) mass is 588 g/mol. The Hall–Kier alpha value is -4.29. The number of fused-ring (bicyclic) bond motifs is 1. The molecule has 42 heavy (non-hydrogen) atoms. The maximum Gasteiger partial charge on any atom is 0.264 e. The van der Waals surface area contributed by atoms with E-state index in [4.69, 9.17) is 0 Å². The second-order valence-electron chi connectivity index (χ2n) is 10.9. The van der Waals surface area contributed by atoms with Crippen molar-refractivity contribution in [1.29, 1.82) is 0 Å². The molecular formula is C30H32N6O5S. The number of anilines is 1. The fourth-order valence-corrected chi connectivity index (χ4v) is 7.43. The predicted molar refractivity (Wildman–Crippen MR) is 156 cm³/mol. The van der Waals surface area contributed by atoms with Gasteiger partial charge in [-0.2, -0.15) is 5.10 Å². The number of allylic oxidation sites excluding steroid dienone is 1. The largest absolute Gasteiger partial charge is 0.380 e. The van der Waals surface area contributed by atoms with Gasteiger partial charge < -0.3 is 10.6 Å². The minimum atomic E-state index is -3.39. The van der Waals surface area contributed by atoms with Crippen LogP contribution in [0.5, 0.6) is 0 Å². The number of hydrogen-bond donors (Lipinski definition) is 2. The first-order valence-electron chi connectivity index (χ1n) is 14.0. The number of nitrogens with one attached hydrogen (secondary N) is 2. The maximum atomic E-state index is 13.4. The maximum absolute atomic E-state index is 13.4. The summed E-state index contributed by atoms with van der Waals surface area (Å²) in [5.41, 5.74) is 3.28. The predicted octanol–water partition coefficient (Wildman–Crippen LogP) is 3.05. The zero-order valence-corrected chi connectivity index (χ0v) is 23.8. The smallest absolute Gasteiger partial charge is 0.264 e. The quantitative estimate of drug-likeness (QED) is 0.387. The second kappa shape index (κ2) is 11.2. The van der Waals surface area contributed by atoms with E-state index in [1.807, 2.05) is 41.2 Å². The number of carbonyl (C=O) groups excluding carboxylic acids is 3. The van der Waals surface area contributed by atoms with Crippen LogP contribution in [0.4, 0.5) is 5.69 Å². The van der Waals surface area contributed by atoms with Crippen molar-refractivity contribution in [3.05, 3.63) is 95.5 Å². The zero-order valence-electron chi connectivity index (χ0n) is 23.0. The molecule has 2 saturated heterocycles. The van der Waals surface area contributed by atoms with Gasteiger partial charge >= 0.3 is 0 Å². The van der Waals surface area contributed by atoms with Crippen LogP contribution in [0.25, 0.3) is 0 Å². The van der Waals surface area contributed by atoms with Gasteiger partial charge in [0.25, 0.3) is 11.8 Å². The summed E-state index contributed by atoms with van der Waals surface area (Å²) < 4.78 is 29.3. The van der Waals surface area contributed by atoms with E-state index in [9.17, 15) is 22.8 Å². The van der Waals surface area contributed by atoms with Crippen LogP contribution in [0.3, 0.4) is 0 Å². The van der Waals surface area contributed by atoms with E-state index >= 15 is 0 Å². The first kappa shape index (κ1) is 27.9. The minimum Gasteiger partial charge on any atom is -0.380 e. The number of imide groups is 1. The highest BCUT2D eigenvalue weighted by Crippen LogP contribution is 2.33. The lowest BCUT2D eigenvalue weighted by molar-refractivity contribution is -0.125. The molecule has 3 aromatic rings. The summed E-state index contributed by atoms with van der Waals surface area (Å²) in [4.78, 5) is 40.1. The molecule has 2 aromatic carbocycles. The first-order chi connectivity index (χ1) is 20.2. The molecule has 1 unspecified atom stereocenters. The van der Waals surface area contributed by atoms with Crippen molar-refractivity contribution in [1.82, 2.24) is 24.3 Å². The average molecular weight is 589 g/mol. The van der Waals surface area contributed by atoms with E-state index in [2.05, 4.69) is 22.3 Å². The molecule has 3 aliphatic heterocycles. The minimum absolute atomic E-state index is 0.00521. The molecule has 0 aliphatic carbocycles. The van der Waals surface area contributed by atoms with Gasteiger partial charge in [-0.25, -0.2) is 12.7 Å². The Morgan fingerprint density at radius 1 is 0.952 bits per heavy atom. The third kappa shape index (κ3) is 5.35. The molecule has 1 aromatic heterocycles. The van der Waals surface area contributed by atoms with Gasteiger partial charge in [-0.05, 0) is 43.4 Å². The van der Waals surface area contributed by atoms with Crippen LogP contribution >= 0.6 is 0 Å². The number of piperidine rings is 2. The van der Waals surface area contributed by atoms with Crippen molar-refractivity contribution in [2.45, 2.75) is 50.1 Å². The molecule has 3 amide bonds. The fraction of sp³-hybridized carbons (Fsp3) is 0.333. The van der Waals surface area contributed by atoms with Crippen LogP contribution in [0.2, 0.25) is 0 Å². The molecule has 11 nitrogen and oxygen atoms in total. The van der Waals surface area contributed by atoms with Crippen molar-refractivity contribution in [2.75, 3.05) is 18.4 Å². The molecule has 3 aliphatic rings. The van der Waals surface area contributed by atoms with Crippen molar-refractivity contribution < 1.29 is 22.8 Å². The van der Waals surface area contributed by atoms with Gasteiger partial charge in [-0.15, -0.1) is 0 Å². The third-order valence-electron chi connectivity index (χ3n) is 8.10. The van der Waals surface area contributed by atoms with Gasteiger partial charge in [0.15, 0.2) is 0 Å². The Bertz CT molecular complexity index is 1660. The molecule has 1 atom stereocenters. The van der Waals surface area contributed by atoms with Crippen molar-refractivity contribution in [3.63, 3.8) is 0 Å². The number of hydrogen-bond acceptors (Lipinski definition) is 7. The summed E-state index contributed by atoms with van der Waals surface area (Å²) in [6, 6.07) is 13.5. The molecule has 0 bridgehead atoms. The summed E-state index contributed by atoms with van der Waals surface area (Å²) in [6.07, 6.45) is 5.82. The van der Waals surface area contributed by atoms with Crippen molar-refractivity contribution in [2.24, 2.45) is 0 Å². The van der Waals surface area contributed by atoms with Crippen LogP contribution < -0.4 is 10.6 Å². The molecular weight excluding hydrogens is 556 g/mol. The summed E-state index contributed by atoms with van der Waals surface area (Å²) in [6.45, 7) is 5.00. The molecule has 6 rings (SSSR count). The SMILES string of the molecule is C=C1CCC(N2C(=O)c3cccc(NCc4cnn(C5CCN(S(=O)(=O)Cc6ccccc6)CC5)c4)c3C2=O)C(=O)N1. The molecule has 0 spiro atoms. The summed E-state index contributed by atoms with van der Waals surface area (Å²) in [5.74, 6) is -1.37. The van der Waals surface area contributed by atoms with Crippen LogP contribution in [0.15, 0.2) is 73.2 Å².